The van der Waals surface area contributed by atoms with Gasteiger partial charge in [-0.15, -0.1) is 0 Å². The summed E-state index contributed by atoms with van der Waals surface area (Å²) in [6.07, 6.45) is 1.70. The Kier molecular flexibility index (Phi) is 5.36. The first kappa shape index (κ1) is 19.6. The van der Waals surface area contributed by atoms with Crippen LogP contribution in [-0.2, 0) is 11.3 Å². The van der Waals surface area contributed by atoms with Crippen LogP contribution in [0.5, 0.6) is 0 Å². The van der Waals surface area contributed by atoms with Crippen LogP contribution in [0, 0.1) is 6.92 Å². The minimum absolute atomic E-state index is 0.00524. The van der Waals surface area contributed by atoms with Crippen molar-refractivity contribution in [3.8, 4) is 0 Å². The molecule has 1 aromatic carbocycles. The van der Waals surface area contributed by atoms with Crippen LogP contribution >= 0.6 is 11.3 Å². The number of nitrogens with zero attached hydrogens (tertiary/aromatic N) is 4. The summed E-state index contributed by atoms with van der Waals surface area (Å²) >= 11 is 1.39. The fourth-order valence-electron chi connectivity index (χ4n) is 3.88. The molecule has 1 aliphatic heterocycles. The number of aromatic nitrogens is 3. The van der Waals surface area contributed by atoms with Crippen molar-refractivity contribution in [3.63, 3.8) is 0 Å². The highest BCUT2D eigenvalue weighted by molar-refractivity contribution is 7.21. The molecule has 1 N–H and O–H groups in total. The number of fused-ring (bicyclic) bond motifs is 1. The molecule has 0 saturated carbocycles. The summed E-state index contributed by atoms with van der Waals surface area (Å²) in [6.45, 7) is 7.02. The molecule has 29 heavy (non-hydrogen) atoms. The molecular formula is C21H25N5O2S. The van der Waals surface area contributed by atoms with Gasteiger partial charge in [0, 0.05) is 19.1 Å². The molecule has 8 heteroatoms. The van der Waals surface area contributed by atoms with Crippen LogP contribution in [0.4, 0.5) is 5.13 Å². The number of carbonyl (C=O) groups is 1. The molecule has 4 rings (SSSR count). The highest BCUT2D eigenvalue weighted by Crippen LogP contribution is 2.32. The number of rotatable bonds is 5. The van der Waals surface area contributed by atoms with E-state index in [2.05, 4.69) is 15.3 Å². The second kappa shape index (κ2) is 7.94. The van der Waals surface area contributed by atoms with Gasteiger partial charge in [0.15, 0.2) is 15.5 Å². The minimum Gasteiger partial charge on any atom is -0.350 e. The van der Waals surface area contributed by atoms with Crippen molar-refractivity contribution in [1.82, 2.24) is 19.9 Å². The van der Waals surface area contributed by atoms with E-state index in [0.29, 0.717) is 27.8 Å². The number of anilines is 1. The predicted octanol–water partition coefficient (Wildman–Crippen LogP) is 3.03. The van der Waals surface area contributed by atoms with Gasteiger partial charge in [-0.25, -0.2) is 9.97 Å². The quantitative estimate of drug-likeness (QED) is 0.698. The van der Waals surface area contributed by atoms with Crippen LogP contribution in [0.15, 0.2) is 35.1 Å². The first-order valence-corrected chi connectivity index (χ1v) is 10.8. The summed E-state index contributed by atoms with van der Waals surface area (Å²) in [5.74, 6) is 0.681. The molecule has 1 amide bonds. The first-order valence-electron chi connectivity index (χ1n) is 9.93. The molecule has 2 aromatic heterocycles. The third-order valence-electron chi connectivity index (χ3n) is 5.26. The van der Waals surface area contributed by atoms with E-state index in [9.17, 15) is 9.59 Å². The molecule has 0 aliphatic carbocycles. The number of hydrogen-bond acceptors (Lipinski definition) is 6. The van der Waals surface area contributed by atoms with Crippen molar-refractivity contribution >= 4 is 32.7 Å². The van der Waals surface area contributed by atoms with Crippen LogP contribution in [-0.4, -0.2) is 33.0 Å². The van der Waals surface area contributed by atoms with E-state index in [1.54, 1.807) is 4.57 Å². The number of amides is 1. The van der Waals surface area contributed by atoms with Gasteiger partial charge in [0.25, 0.3) is 5.56 Å². The molecule has 7 nitrogen and oxygen atoms in total. The zero-order valence-corrected chi connectivity index (χ0v) is 17.7. The van der Waals surface area contributed by atoms with Gasteiger partial charge in [0.2, 0.25) is 5.91 Å². The lowest BCUT2D eigenvalue weighted by atomic mass is 10.2. The highest BCUT2D eigenvalue weighted by atomic mass is 32.1. The van der Waals surface area contributed by atoms with Crippen LogP contribution in [0.1, 0.15) is 44.1 Å². The first-order chi connectivity index (χ1) is 14.0. The van der Waals surface area contributed by atoms with Gasteiger partial charge in [0.05, 0.1) is 0 Å². The molecule has 1 saturated heterocycles. The third-order valence-corrected chi connectivity index (χ3v) is 6.24. The topological polar surface area (TPSA) is 80.1 Å². The molecule has 152 valence electrons. The summed E-state index contributed by atoms with van der Waals surface area (Å²) in [7, 11) is 0. The summed E-state index contributed by atoms with van der Waals surface area (Å²) < 4.78 is 1.67. The second-order valence-electron chi connectivity index (χ2n) is 7.63. The maximum atomic E-state index is 12.9. The van der Waals surface area contributed by atoms with E-state index in [1.165, 1.54) is 11.3 Å². The third kappa shape index (κ3) is 3.76. The number of aryl methyl sites for hydroxylation is 1. The average molecular weight is 412 g/mol. The molecular weight excluding hydrogens is 386 g/mol. The Labute approximate surface area is 173 Å². The van der Waals surface area contributed by atoms with Crippen molar-refractivity contribution in [1.29, 1.82) is 0 Å². The molecule has 3 heterocycles. The van der Waals surface area contributed by atoms with E-state index >= 15 is 0 Å². The standard InChI is InChI=1S/C21H25N5O2S/c1-13(2)26-14(3)23-19-17(20(26)28)24-21(29-19)25-11-7-10-16(25)18(27)22-12-15-8-5-4-6-9-15/h4-6,8-9,13,16H,7,10-12H2,1-3H3,(H,22,27). The SMILES string of the molecule is Cc1nc2sc(N3CCCC3C(=O)NCc3ccccc3)nc2c(=O)n1C(C)C. The Morgan fingerprint density at radius 3 is 2.76 bits per heavy atom. The van der Waals surface area contributed by atoms with Crippen LogP contribution in [0.3, 0.4) is 0 Å². The Bertz CT molecular complexity index is 1090. The van der Waals surface area contributed by atoms with Crippen LogP contribution < -0.4 is 15.8 Å². The molecule has 1 fully saturated rings. The van der Waals surface area contributed by atoms with E-state index < -0.39 is 0 Å². The van der Waals surface area contributed by atoms with Gasteiger partial charge in [0.1, 0.15) is 11.9 Å². The van der Waals surface area contributed by atoms with Gasteiger partial charge < -0.3 is 10.2 Å². The fraction of sp³-hybridized carbons (Fsp3) is 0.429. The van der Waals surface area contributed by atoms with Crippen LogP contribution in [0.25, 0.3) is 10.3 Å². The van der Waals surface area contributed by atoms with Gasteiger partial charge in [-0.2, -0.15) is 0 Å². The van der Waals surface area contributed by atoms with Crippen molar-refractivity contribution in [2.45, 2.75) is 52.2 Å². The summed E-state index contributed by atoms with van der Waals surface area (Å²) in [6, 6.07) is 9.62. The second-order valence-corrected chi connectivity index (χ2v) is 8.59. The largest absolute Gasteiger partial charge is 0.350 e. The maximum Gasteiger partial charge on any atom is 0.281 e. The monoisotopic (exact) mass is 411 g/mol. The Morgan fingerprint density at radius 2 is 2.03 bits per heavy atom. The summed E-state index contributed by atoms with van der Waals surface area (Å²) in [5, 5.41) is 3.73. The lowest BCUT2D eigenvalue weighted by Crippen LogP contribution is -2.43. The molecule has 1 atom stereocenters. The number of benzene rings is 1. The van der Waals surface area contributed by atoms with Gasteiger partial charge in [-0.3, -0.25) is 14.2 Å². The number of hydrogen-bond donors (Lipinski definition) is 1. The number of nitrogens with one attached hydrogen (secondary N) is 1. The van der Waals surface area contributed by atoms with E-state index in [-0.39, 0.29) is 23.6 Å². The Morgan fingerprint density at radius 1 is 1.28 bits per heavy atom. The molecule has 1 aliphatic rings. The normalized spacial score (nSPS) is 16.7. The number of carbonyl (C=O) groups excluding carboxylic acids is 1. The minimum atomic E-state index is -0.271. The van der Waals surface area contributed by atoms with E-state index in [4.69, 9.17) is 0 Å². The van der Waals surface area contributed by atoms with Crippen molar-refractivity contribution < 1.29 is 4.79 Å². The highest BCUT2D eigenvalue weighted by Gasteiger charge is 2.33. The lowest BCUT2D eigenvalue weighted by molar-refractivity contribution is -0.122. The van der Waals surface area contributed by atoms with Gasteiger partial charge in [-0.1, -0.05) is 41.7 Å². The number of thiazole rings is 1. The zero-order valence-electron chi connectivity index (χ0n) is 16.9. The van der Waals surface area contributed by atoms with E-state index in [1.807, 2.05) is 56.0 Å². The lowest BCUT2D eigenvalue weighted by Gasteiger charge is -2.23. The summed E-state index contributed by atoms with van der Waals surface area (Å²) in [5.41, 5.74) is 1.34. The molecule has 0 radical (unpaired) electrons. The van der Waals surface area contributed by atoms with Crippen molar-refractivity contribution in [2.24, 2.45) is 0 Å². The fourth-order valence-corrected chi connectivity index (χ4v) is 4.93. The Hall–Kier alpha value is -2.74. The van der Waals surface area contributed by atoms with Crippen molar-refractivity contribution in [3.05, 3.63) is 52.1 Å². The van der Waals surface area contributed by atoms with Gasteiger partial charge in [-0.05, 0) is 39.2 Å². The molecule has 0 spiro atoms. The van der Waals surface area contributed by atoms with Gasteiger partial charge >= 0.3 is 0 Å². The van der Waals surface area contributed by atoms with Crippen LogP contribution in [0.2, 0.25) is 0 Å². The zero-order chi connectivity index (χ0) is 20.5. The molecule has 3 aromatic rings. The maximum absolute atomic E-state index is 12.9. The average Bonchev–Trinajstić information content (AvgIpc) is 3.33. The smallest absolute Gasteiger partial charge is 0.281 e. The summed E-state index contributed by atoms with van der Waals surface area (Å²) in [4.78, 5) is 37.5. The Balaban J connectivity index is 1.58. The predicted molar refractivity (Wildman–Crippen MR) is 115 cm³/mol. The molecule has 0 bridgehead atoms. The molecule has 1 unspecified atom stereocenters. The van der Waals surface area contributed by atoms with Crippen molar-refractivity contribution in [2.75, 3.05) is 11.4 Å². The van der Waals surface area contributed by atoms with E-state index in [0.717, 1.165) is 24.9 Å².